The van der Waals surface area contributed by atoms with Crippen molar-refractivity contribution >= 4 is 12.6 Å². The van der Waals surface area contributed by atoms with E-state index in [0.29, 0.717) is 5.25 Å². The Hall–Kier alpha value is -0.170. The second-order valence-electron chi connectivity index (χ2n) is 2.30. The van der Waals surface area contributed by atoms with Crippen molar-refractivity contribution in [2.45, 2.75) is 24.5 Å². The van der Waals surface area contributed by atoms with E-state index in [2.05, 4.69) is 36.9 Å². The number of hydrogen-bond donors (Lipinski definition) is 1. The van der Waals surface area contributed by atoms with Crippen LogP contribution in [0, 0.1) is 0 Å². The van der Waals surface area contributed by atoms with Gasteiger partial charge in [0.2, 0.25) is 0 Å². The van der Waals surface area contributed by atoms with Gasteiger partial charge in [-0.25, -0.2) is 0 Å². The Bertz CT molecular complexity index is 111. The van der Waals surface area contributed by atoms with Gasteiger partial charge in [0.1, 0.15) is 0 Å². The Kier molecular flexibility index (Phi) is 2.92. The second kappa shape index (κ2) is 3.78. The number of hydrogen-bond acceptors (Lipinski definition) is 1. The number of rotatable bonds is 0. The Morgan fingerprint density at radius 2 is 1.56 bits per heavy atom. The number of thiol groups is 1. The molecule has 50 valence electrons. The first-order valence-corrected chi connectivity index (χ1v) is 3.89. The molecule has 0 N–H and O–H groups in total. The average molecular weight is 140 g/mol. The predicted octanol–water partition coefficient (Wildman–Crippen LogP) is 2.58. The first kappa shape index (κ1) is 6.94. The third-order valence-corrected chi connectivity index (χ3v) is 1.84. The van der Waals surface area contributed by atoms with E-state index in [4.69, 9.17) is 0 Å². The Balaban J connectivity index is 2.40. The van der Waals surface area contributed by atoms with E-state index in [0.717, 1.165) is 19.3 Å². The summed E-state index contributed by atoms with van der Waals surface area (Å²) >= 11 is 4.38. The first-order chi connectivity index (χ1) is 4.39. The second-order valence-corrected chi connectivity index (χ2v) is 3.03. The molecule has 0 atom stereocenters. The maximum Gasteiger partial charge on any atom is 0.00857 e. The van der Waals surface area contributed by atoms with Crippen LogP contribution >= 0.6 is 12.6 Å². The minimum Gasteiger partial charge on any atom is -0.175 e. The highest BCUT2D eigenvalue weighted by Gasteiger charge is 1.97. The molecule has 0 unspecified atom stereocenters. The molecule has 0 fully saturated rings. The van der Waals surface area contributed by atoms with Crippen molar-refractivity contribution in [1.82, 2.24) is 0 Å². The van der Waals surface area contributed by atoms with Crippen molar-refractivity contribution < 1.29 is 0 Å². The predicted molar refractivity (Wildman–Crippen MR) is 44.9 cm³/mol. The van der Waals surface area contributed by atoms with E-state index < -0.39 is 0 Å². The Labute approximate surface area is 62.1 Å². The van der Waals surface area contributed by atoms with Crippen molar-refractivity contribution in [3.8, 4) is 0 Å². The van der Waals surface area contributed by atoms with E-state index >= 15 is 0 Å². The zero-order valence-corrected chi connectivity index (χ0v) is 6.35. The smallest absolute Gasteiger partial charge is 0.00857 e. The van der Waals surface area contributed by atoms with Crippen LogP contribution in [0.4, 0.5) is 0 Å². The molecule has 0 nitrogen and oxygen atoms in total. The summed E-state index contributed by atoms with van der Waals surface area (Å²) in [6, 6.07) is 0. The standard InChI is InChI=1S/C8H12S/c9-8-6-4-2-1-3-5-7-8/h2-5,8-9H,1,6-7H2/b4-2-,5-3-. The molecule has 0 aromatic carbocycles. The van der Waals surface area contributed by atoms with Crippen molar-refractivity contribution in [2.24, 2.45) is 0 Å². The highest BCUT2D eigenvalue weighted by Crippen LogP contribution is 2.10. The molecule has 0 aromatic heterocycles. The average Bonchev–Trinajstić information content (AvgIpc) is 1.79. The van der Waals surface area contributed by atoms with E-state index in [1.807, 2.05) is 0 Å². The summed E-state index contributed by atoms with van der Waals surface area (Å²) in [6.07, 6.45) is 12.1. The van der Waals surface area contributed by atoms with Gasteiger partial charge < -0.3 is 0 Å². The highest BCUT2D eigenvalue weighted by molar-refractivity contribution is 7.80. The molecule has 0 bridgehead atoms. The summed E-state index contributed by atoms with van der Waals surface area (Å²) in [6.45, 7) is 0. The molecule has 0 saturated heterocycles. The van der Waals surface area contributed by atoms with Crippen LogP contribution in [0.5, 0.6) is 0 Å². The lowest BCUT2D eigenvalue weighted by atomic mass is 10.1. The van der Waals surface area contributed by atoms with Crippen molar-refractivity contribution in [2.75, 3.05) is 0 Å². The van der Waals surface area contributed by atoms with Crippen molar-refractivity contribution in [3.63, 3.8) is 0 Å². The van der Waals surface area contributed by atoms with Gasteiger partial charge in [-0.05, 0) is 19.3 Å². The highest BCUT2D eigenvalue weighted by atomic mass is 32.1. The first-order valence-electron chi connectivity index (χ1n) is 3.37. The lowest BCUT2D eigenvalue weighted by Gasteiger charge is -2.04. The minimum atomic E-state index is 0.540. The van der Waals surface area contributed by atoms with Gasteiger partial charge in [0.15, 0.2) is 0 Å². The van der Waals surface area contributed by atoms with Crippen LogP contribution < -0.4 is 0 Å². The molecule has 1 aliphatic rings. The summed E-state index contributed by atoms with van der Waals surface area (Å²) in [5.41, 5.74) is 0. The molecule has 0 amide bonds. The molecular formula is C8H12S. The third-order valence-electron chi connectivity index (χ3n) is 1.42. The monoisotopic (exact) mass is 140 g/mol. The van der Waals surface area contributed by atoms with E-state index in [9.17, 15) is 0 Å². The fourth-order valence-electron chi connectivity index (χ4n) is 0.874. The van der Waals surface area contributed by atoms with Gasteiger partial charge in [0.25, 0.3) is 0 Å². The summed E-state index contributed by atoms with van der Waals surface area (Å²) in [7, 11) is 0. The van der Waals surface area contributed by atoms with Gasteiger partial charge in [-0.1, -0.05) is 24.3 Å². The van der Waals surface area contributed by atoms with Crippen LogP contribution in [0.1, 0.15) is 19.3 Å². The quantitative estimate of drug-likeness (QED) is 0.388. The van der Waals surface area contributed by atoms with Crippen molar-refractivity contribution in [3.05, 3.63) is 24.3 Å². The van der Waals surface area contributed by atoms with Gasteiger partial charge in [-0.15, -0.1) is 0 Å². The van der Waals surface area contributed by atoms with Crippen LogP contribution in [-0.2, 0) is 0 Å². The molecule has 1 rings (SSSR count). The molecular weight excluding hydrogens is 128 g/mol. The van der Waals surface area contributed by atoms with Gasteiger partial charge in [-0.3, -0.25) is 0 Å². The third kappa shape index (κ3) is 2.75. The van der Waals surface area contributed by atoms with Crippen LogP contribution in [-0.4, -0.2) is 5.25 Å². The van der Waals surface area contributed by atoms with E-state index in [1.54, 1.807) is 0 Å². The molecule has 0 aromatic rings. The topological polar surface area (TPSA) is 0 Å². The normalized spacial score (nSPS) is 28.6. The molecule has 9 heavy (non-hydrogen) atoms. The molecule has 0 radical (unpaired) electrons. The van der Waals surface area contributed by atoms with Gasteiger partial charge >= 0.3 is 0 Å². The molecule has 0 spiro atoms. The Morgan fingerprint density at radius 3 is 2.11 bits per heavy atom. The molecule has 0 saturated carbocycles. The SMILES string of the molecule is SC1C/C=C\C/C=C\C1. The van der Waals surface area contributed by atoms with Crippen LogP contribution in [0.25, 0.3) is 0 Å². The summed E-state index contributed by atoms with van der Waals surface area (Å²) < 4.78 is 0. The number of allylic oxidation sites excluding steroid dienone is 4. The molecule has 1 aliphatic carbocycles. The van der Waals surface area contributed by atoms with Crippen molar-refractivity contribution in [1.29, 1.82) is 0 Å². The summed E-state index contributed by atoms with van der Waals surface area (Å²) in [5, 5.41) is 0.540. The van der Waals surface area contributed by atoms with Gasteiger partial charge in [0.05, 0.1) is 0 Å². The lowest BCUT2D eigenvalue weighted by molar-refractivity contribution is 0.885. The maximum absolute atomic E-state index is 4.38. The fourth-order valence-corrected chi connectivity index (χ4v) is 1.12. The Morgan fingerprint density at radius 1 is 1.00 bits per heavy atom. The molecule has 0 heterocycles. The van der Waals surface area contributed by atoms with E-state index in [-0.39, 0.29) is 0 Å². The van der Waals surface area contributed by atoms with Crippen LogP contribution in [0.2, 0.25) is 0 Å². The largest absolute Gasteiger partial charge is 0.175 e. The maximum atomic E-state index is 4.38. The van der Waals surface area contributed by atoms with Crippen LogP contribution in [0.3, 0.4) is 0 Å². The lowest BCUT2D eigenvalue weighted by Crippen LogP contribution is -1.94. The van der Waals surface area contributed by atoms with E-state index in [1.165, 1.54) is 0 Å². The molecule has 1 heteroatoms. The summed E-state index contributed by atoms with van der Waals surface area (Å²) in [5.74, 6) is 0. The fraction of sp³-hybridized carbons (Fsp3) is 0.500. The summed E-state index contributed by atoms with van der Waals surface area (Å²) in [4.78, 5) is 0. The van der Waals surface area contributed by atoms with Gasteiger partial charge in [-0.2, -0.15) is 12.6 Å². The molecule has 0 aliphatic heterocycles. The minimum absolute atomic E-state index is 0.540. The zero-order valence-electron chi connectivity index (χ0n) is 5.46. The van der Waals surface area contributed by atoms with Crippen LogP contribution in [0.15, 0.2) is 24.3 Å². The van der Waals surface area contributed by atoms with Gasteiger partial charge in [0, 0.05) is 5.25 Å². The zero-order chi connectivity index (χ0) is 6.53.